The zero-order valence-corrected chi connectivity index (χ0v) is 13.2. The van der Waals surface area contributed by atoms with Crippen molar-refractivity contribution in [2.24, 2.45) is 0 Å². The SMILES string of the molecule is CCOc1cc([C@H]2CCCN(NC)CC2)cnc1Br. The maximum atomic E-state index is 5.61. The molecule has 1 aliphatic rings. The first-order chi connectivity index (χ1) is 9.24. The molecule has 0 saturated carbocycles. The summed E-state index contributed by atoms with van der Waals surface area (Å²) in [5, 5.41) is 2.29. The second-order valence-electron chi connectivity index (χ2n) is 4.83. The van der Waals surface area contributed by atoms with E-state index in [1.807, 2.05) is 20.2 Å². The maximum Gasteiger partial charge on any atom is 0.152 e. The van der Waals surface area contributed by atoms with Gasteiger partial charge in [-0.25, -0.2) is 9.99 Å². The second-order valence-corrected chi connectivity index (χ2v) is 5.58. The molecule has 1 fully saturated rings. The standard InChI is InChI=1S/C14H22BrN3O/c1-3-19-13-9-12(10-17-14(13)15)11-5-4-7-18(16-2)8-6-11/h9-11,16H,3-8H2,1-2H3/t11-/m0/s1. The lowest BCUT2D eigenvalue weighted by Crippen LogP contribution is -2.35. The van der Waals surface area contributed by atoms with Gasteiger partial charge in [-0.1, -0.05) is 0 Å². The highest BCUT2D eigenvalue weighted by Gasteiger charge is 2.19. The Balaban J connectivity index is 2.10. The Morgan fingerprint density at radius 2 is 2.32 bits per heavy atom. The van der Waals surface area contributed by atoms with Crippen LogP contribution in [-0.2, 0) is 0 Å². The third-order valence-electron chi connectivity index (χ3n) is 3.64. The smallest absolute Gasteiger partial charge is 0.152 e. The van der Waals surface area contributed by atoms with Crippen LogP contribution in [0.2, 0.25) is 0 Å². The molecule has 5 heteroatoms. The predicted molar refractivity (Wildman–Crippen MR) is 80.3 cm³/mol. The van der Waals surface area contributed by atoms with E-state index in [0.29, 0.717) is 12.5 Å². The van der Waals surface area contributed by atoms with E-state index >= 15 is 0 Å². The Hall–Kier alpha value is -0.650. The number of nitrogens with one attached hydrogen (secondary N) is 1. The van der Waals surface area contributed by atoms with Crippen LogP contribution in [0.3, 0.4) is 0 Å². The minimum Gasteiger partial charge on any atom is -0.491 e. The highest BCUT2D eigenvalue weighted by atomic mass is 79.9. The van der Waals surface area contributed by atoms with Crippen LogP contribution in [0.25, 0.3) is 0 Å². The van der Waals surface area contributed by atoms with Gasteiger partial charge in [-0.15, -0.1) is 0 Å². The van der Waals surface area contributed by atoms with Crippen molar-refractivity contribution in [2.75, 3.05) is 26.7 Å². The summed E-state index contributed by atoms with van der Waals surface area (Å²) in [6.07, 6.45) is 5.57. The van der Waals surface area contributed by atoms with E-state index < -0.39 is 0 Å². The molecule has 2 heterocycles. The summed E-state index contributed by atoms with van der Waals surface area (Å²) in [5.41, 5.74) is 4.54. The molecule has 0 amide bonds. The number of halogens is 1. The van der Waals surface area contributed by atoms with Crippen molar-refractivity contribution in [3.8, 4) is 5.75 Å². The van der Waals surface area contributed by atoms with Crippen molar-refractivity contribution in [3.05, 3.63) is 22.4 Å². The third-order valence-corrected chi connectivity index (χ3v) is 4.24. The Kier molecular flexibility index (Phi) is 5.60. The van der Waals surface area contributed by atoms with Crippen LogP contribution in [0.15, 0.2) is 16.9 Å². The molecule has 0 radical (unpaired) electrons. The number of rotatable bonds is 4. The molecule has 106 valence electrons. The average molecular weight is 328 g/mol. The van der Waals surface area contributed by atoms with Crippen molar-refractivity contribution in [3.63, 3.8) is 0 Å². The molecule has 0 bridgehead atoms. The van der Waals surface area contributed by atoms with Gasteiger partial charge in [-0.2, -0.15) is 0 Å². The topological polar surface area (TPSA) is 37.4 Å². The van der Waals surface area contributed by atoms with E-state index in [0.717, 1.165) is 29.9 Å². The minimum atomic E-state index is 0.582. The lowest BCUT2D eigenvalue weighted by molar-refractivity contribution is 0.216. The van der Waals surface area contributed by atoms with Crippen LogP contribution < -0.4 is 10.2 Å². The van der Waals surface area contributed by atoms with Gasteiger partial charge in [0.2, 0.25) is 0 Å². The summed E-state index contributed by atoms with van der Waals surface area (Å²) in [7, 11) is 1.99. The van der Waals surface area contributed by atoms with Gasteiger partial charge in [-0.05, 0) is 66.7 Å². The fourth-order valence-corrected chi connectivity index (χ4v) is 2.91. The molecular formula is C14H22BrN3O. The maximum absolute atomic E-state index is 5.61. The van der Waals surface area contributed by atoms with E-state index in [1.165, 1.54) is 18.4 Å². The first-order valence-corrected chi connectivity index (χ1v) is 7.74. The summed E-state index contributed by atoms with van der Waals surface area (Å²) < 4.78 is 6.40. The van der Waals surface area contributed by atoms with Crippen LogP contribution in [0, 0.1) is 0 Å². The molecule has 2 rings (SSSR count). The van der Waals surface area contributed by atoms with E-state index in [1.54, 1.807) is 0 Å². The predicted octanol–water partition coefficient (Wildman–Crippen LogP) is 2.95. The molecule has 0 aliphatic carbocycles. The van der Waals surface area contributed by atoms with Gasteiger partial charge >= 0.3 is 0 Å². The van der Waals surface area contributed by atoms with Gasteiger partial charge in [0.25, 0.3) is 0 Å². The number of aromatic nitrogens is 1. The fourth-order valence-electron chi connectivity index (χ4n) is 2.58. The van der Waals surface area contributed by atoms with Crippen molar-refractivity contribution in [1.82, 2.24) is 15.4 Å². The zero-order chi connectivity index (χ0) is 13.7. The van der Waals surface area contributed by atoms with Crippen LogP contribution in [0.5, 0.6) is 5.75 Å². The van der Waals surface area contributed by atoms with Gasteiger partial charge < -0.3 is 4.74 Å². The van der Waals surface area contributed by atoms with Crippen molar-refractivity contribution in [1.29, 1.82) is 0 Å². The molecule has 1 aromatic rings. The number of hydrogen-bond acceptors (Lipinski definition) is 4. The van der Waals surface area contributed by atoms with E-state index in [-0.39, 0.29) is 0 Å². The zero-order valence-electron chi connectivity index (χ0n) is 11.7. The number of hydrogen-bond donors (Lipinski definition) is 1. The Bertz CT molecular complexity index is 414. The Morgan fingerprint density at radius 1 is 1.47 bits per heavy atom. The Labute approximate surface area is 123 Å². The lowest BCUT2D eigenvalue weighted by Gasteiger charge is -2.18. The molecule has 1 saturated heterocycles. The first kappa shape index (κ1) is 14.8. The third kappa shape index (κ3) is 3.91. The van der Waals surface area contributed by atoms with E-state index in [4.69, 9.17) is 4.74 Å². The van der Waals surface area contributed by atoms with Gasteiger partial charge in [0.1, 0.15) is 4.60 Å². The van der Waals surface area contributed by atoms with Gasteiger partial charge in [0.05, 0.1) is 6.61 Å². The van der Waals surface area contributed by atoms with Crippen molar-refractivity contribution >= 4 is 15.9 Å². The van der Waals surface area contributed by atoms with Crippen LogP contribution in [-0.4, -0.2) is 36.7 Å². The largest absolute Gasteiger partial charge is 0.491 e. The summed E-state index contributed by atoms with van der Waals surface area (Å²) in [6, 6.07) is 2.14. The van der Waals surface area contributed by atoms with E-state index in [9.17, 15) is 0 Å². The summed E-state index contributed by atoms with van der Waals surface area (Å²) in [6.45, 7) is 4.87. The minimum absolute atomic E-state index is 0.582. The van der Waals surface area contributed by atoms with Crippen molar-refractivity contribution < 1.29 is 4.74 Å². The van der Waals surface area contributed by atoms with Crippen molar-refractivity contribution in [2.45, 2.75) is 32.1 Å². The summed E-state index contributed by atoms with van der Waals surface area (Å²) >= 11 is 3.44. The quantitative estimate of drug-likeness (QED) is 0.863. The molecule has 1 N–H and O–H groups in total. The van der Waals surface area contributed by atoms with Gasteiger partial charge in [-0.3, -0.25) is 5.43 Å². The molecular weight excluding hydrogens is 306 g/mol. The average Bonchev–Trinajstić information content (AvgIpc) is 2.67. The second kappa shape index (κ2) is 7.22. The van der Waals surface area contributed by atoms with E-state index in [2.05, 4.69) is 37.4 Å². The summed E-state index contributed by atoms with van der Waals surface area (Å²) in [4.78, 5) is 4.41. The normalized spacial score (nSPS) is 21.1. The highest BCUT2D eigenvalue weighted by Crippen LogP contribution is 2.32. The molecule has 19 heavy (non-hydrogen) atoms. The molecule has 0 unspecified atom stereocenters. The van der Waals surface area contributed by atoms with Crippen LogP contribution in [0.4, 0.5) is 0 Å². The molecule has 4 nitrogen and oxygen atoms in total. The molecule has 1 aliphatic heterocycles. The molecule has 0 aromatic carbocycles. The van der Waals surface area contributed by atoms with Gasteiger partial charge in [0.15, 0.2) is 5.75 Å². The molecule has 0 spiro atoms. The van der Waals surface area contributed by atoms with Crippen LogP contribution in [0.1, 0.15) is 37.7 Å². The Morgan fingerprint density at radius 3 is 3.05 bits per heavy atom. The summed E-state index contributed by atoms with van der Waals surface area (Å²) in [5.74, 6) is 1.44. The number of pyridine rings is 1. The van der Waals surface area contributed by atoms with Gasteiger partial charge in [0, 0.05) is 19.3 Å². The first-order valence-electron chi connectivity index (χ1n) is 6.95. The molecule has 1 atom stereocenters. The van der Waals surface area contributed by atoms with Crippen LogP contribution >= 0.6 is 15.9 Å². The lowest BCUT2D eigenvalue weighted by atomic mass is 9.93. The number of ether oxygens (including phenoxy) is 1. The number of hydrazine groups is 1. The monoisotopic (exact) mass is 327 g/mol. The fraction of sp³-hybridized carbons (Fsp3) is 0.643. The molecule has 1 aromatic heterocycles. The number of nitrogens with zero attached hydrogens (tertiary/aromatic N) is 2. The highest BCUT2D eigenvalue weighted by molar-refractivity contribution is 9.10.